The van der Waals surface area contributed by atoms with Gasteiger partial charge < -0.3 is 14.5 Å². The summed E-state index contributed by atoms with van der Waals surface area (Å²) in [6.07, 6.45) is 0. The number of carbonyl (C=O) groups excluding carboxylic acids is 1. The second-order valence-electron chi connectivity index (χ2n) is 6.52. The number of hydrogen-bond acceptors (Lipinski definition) is 3. The van der Waals surface area contributed by atoms with Crippen LogP contribution < -0.4 is 10.1 Å². The molecule has 0 aliphatic heterocycles. The first-order valence-corrected chi connectivity index (χ1v) is 8.44. The second-order valence-corrected chi connectivity index (χ2v) is 6.52. The van der Waals surface area contributed by atoms with Gasteiger partial charge in [-0.15, -0.1) is 0 Å². The van der Waals surface area contributed by atoms with Crippen molar-refractivity contribution < 1.29 is 13.9 Å². The van der Waals surface area contributed by atoms with Crippen LogP contribution in [0.3, 0.4) is 0 Å². The molecule has 0 fully saturated rings. The van der Waals surface area contributed by atoms with Gasteiger partial charge in [0.1, 0.15) is 11.3 Å². The van der Waals surface area contributed by atoms with Crippen molar-refractivity contribution in [3.63, 3.8) is 0 Å². The summed E-state index contributed by atoms with van der Waals surface area (Å²) >= 11 is 0. The van der Waals surface area contributed by atoms with E-state index >= 15 is 0 Å². The lowest BCUT2D eigenvalue weighted by molar-refractivity contribution is 0.0898. The molecule has 0 spiro atoms. The molecule has 4 nitrogen and oxygen atoms in total. The van der Waals surface area contributed by atoms with Crippen molar-refractivity contribution in [2.45, 2.75) is 26.8 Å². The van der Waals surface area contributed by atoms with Crippen molar-refractivity contribution in [3.8, 4) is 5.75 Å². The Hall–Kier alpha value is -2.75. The first-order valence-electron chi connectivity index (χ1n) is 8.44. The summed E-state index contributed by atoms with van der Waals surface area (Å²) in [6, 6.07) is 15.5. The van der Waals surface area contributed by atoms with Crippen LogP contribution in [0.5, 0.6) is 5.75 Å². The van der Waals surface area contributed by atoms with E-state index in [4.69, 9.17) is 9.15 Å². The Labute approximate surface area is 147 Å². The Morgan fingerprint density at radius 3 is 2.48 bits per heavy atom. The van der Waals surface area contributed by atoms with E-state index in [2.05, 4.69) is 19.2 Å². The monoisotopic (exact) mass is 337 g/mol. The predicted molar refractivity (Wildman–Crippen MR) is 99.0 cm³/mol. The Kier molecular flexibility index (Phi) is 4.79. The van der Waals surface area contributed by atoms with E-state index in [1.165, 1.54) is 0 Å². The van der Waals surface area contributed by atoms with Crippen LogP contribution in [0.1, 0.15) is 41.6 Å². The van der Waals surface area contributed by atoms with Gasteiger partial charge in [0.2, 0.25) is 0 Å². The quantitative estimate of drug-likeness (QED) is 0.722. The van der Waals surface area contributed by atoms with Crippen LogP contribution in [0.2, 0.25) is 0 Å². The average molecular weight is 337 g/mol. The molecule has 0 aliphatic rings. The molecule has 1 atom stereocenters. The first-order chi connectivity index (χ1) is 12.0. The van der Waals surface area contributed by atoms with Crippen molar-refractivity contribution in [2.75, 3.05) is 7.11 Å². The maximum absolute atomic E-state index is 12.8. The lowest BCUT2D eigenvalue weighted by atomic mass is 9.96. The molecule has 0 radical (unpaired) electrons. The number of benzene rings is 2. The highest BCUT2D eigenvalue weighted by Gasteiger charge is 2.23. The van der Waals surface area contributed by atoms with Gasteiger partial charge in [-0.05, 0) is 36.6 Å². The van der Waals surface area contributed by atoms with E-state index in [0.717, 1.165) is 22.3 Å². The van der Waals surface area contributed by atoms with Gasteiger partial charge in [0.25, 0.3) is 5.91 Å². The third-order valence-electron chi connectivity index (χ3n) is 4.46. The molecule has 1 heterocycles. The highest BCUT2D eigenvalue weighted by atomic mass is 16.5. The average Bonchev–Trinajstić information content (AvgIpc) is 2.96. The van der Waals surface area contributed by atoms with E-state index in [1.807, 2.05) is 55.5 Å². The van der Waals surface area contributed by atoms with Crippen LogP contribution in [-0.2, 0) is 0 Å². The summed E-state index contributed by atoms with van der Waals surface area (Å²) in [5, 5.41) is 4.01. The number of carbonyl (C=O) groups is 1. The minimum Gasteiger partial charge on any atom is -0.497 e. The van der Waals surface area contributed by atoms with Crippen LogP contribution in [0.25, 0.3) is 11.0 Å². The number of rotatable bonds is 5. The van der Waals surface area contributed by atoms with Gasteiger partial charge in [-0.25, -0.2) is 0 Å². The van der Waals surface area contributed by atoms with Crippen LogP contribution in [0.15, 0.2) is 52.9 Å². The third kappa shape index (κ3) is 3.38. The van der Waals surface area contributed by atoms with Gasteiger partial charge in [-0.3, -0.25) is 4.79 Å². The molecule has 2 aromatic carbocycles. The highest BCUT2D eigenvalue weighted by molar-refractivity contribution is 5.99. The Bertz CT molecular complexity index is 881. The van der Waals surface area contributed by atoms with E-state index < -0.39 is 0 Å². The highest BCUT2D eigenvalue weighted by Crippen LogP contribution is 2.30. The van der Waals surface area contributed by atoms with Crippen LogP contribution in [0, 0.1) is 12.8 Å². The molecule has 25 heavy (non-hydrogen) atoms. The smallest absolute Gasteiger partial charge is 0.287 e. The van der Waals surface area contributed by atoms with Crippen molar-refractivity contribution in [2.24, 2.45) is 5.92 Å². The topological polar surface area (TPSA) is 51.5 Å². The van der Waals surface area contributed by atoms with Crippen LogP contribution in [-0.4, -0.2) is 13.0 Å². The third-order valence-corrected chi connectivity index (χ3v) is 4.46. The van der Waals surface area contributed by atoms with E-state index in [-0.39, 0.29) is 17.9 Å². The largest absolute Gasteiger partial charge is 0.497 e. The molecule has 1 N–H and O–H groups in total. The molecule has 0 saturated heterocycles. The first kappa shape index (κ1) is 17.1. The van der Waals surface area contributed by atoms with Gasteiger partial charge in [0.05, 0.1) is 13.2 Å². The summed E-state index contributed by atoms with van der Waals surface area (Å²) in [5.74, 6) is 1.16. The number of aryl methyl sites for hydroxylation is 1. The number of furan rings is 1. The fraction of sp³-hybridized carbons (Fsp3) is 0.286. The molecule has 1 aromatic heterocycles. The van der Waals surface area contributed by atoms with Gasteiger partial charge in [-0.2, -0.15) is 0 Å². The minimum atomic E-state index is -0.199. The fourth-order valence-electron chi connectivity index (χ4n) is 3.05. The number of ether oxygens (including phenoxy) is 1. The molecule has 1 amide bonds. The molecule has 3 rings (SSSR count). The molecular formula is C21H23NO3. The number of amides is 1. The van der Waals surface area contributed by atoms with E-state index in [9.17, 15) is 4.79 Å². The van der Waals surface area contributed by atoms with E-state index in [0.29, 0.717) is 11.3 Å². The fourth-order valence-corrected chi connectivity index (χ4v) is 3.05. The standard InChI is InChI=1S/C21H23NO3/c1-13(2)19(15-8-6-5-7-9-15)22-21(23)20-14(3)17-12-16(24-4)10-11-18(17)25-20/h5-13,19H,1-4H3,(H,22,23)/t19-/m1/s1. The summed E-state index contributed by atoms with van der Waals surface area (Å²) in [4.78, 5) is 12.8. The van der Waals surface area contributed by atoms with Gasteiger partial charge in [0, 0.05) is 10.9 Å². The minimum absolute atomic E-state index is 0.0733. The molecule has 0 saturated carbocycles. The molecule has 0 unspecified atom stereocenters. The van der Waals surface area contributed by atoms with Crippen molar-refractivity contribution in [1.29, 1.82) is 0 Å². The Balaban J connectivity index is 1.92. The zero-order valence-electron chi connectivity index (χ0n) is 15.0. The van der Waals surface area contributed by atoms with Gasteiger partial charge in [-0.1, -0.05) is 44.2 Å². The molecular weight excluding hydrogens is 314 g/mol. The molecule has 4 heteroatoms. The van der Waals surface area contributed by atoms with Crippen LogP contribution >= 0.6 is 0 Å². The summed E-state index contributed by atoms with van der Waals surface area (Å²) < 4.78 is 11.1. The predicted octanol–water partition coefficient (Wildman–Crippen LogP) is 4.88. The number of methoxy groups -OCH3 is 1. The lowest BCUT2D eigenvalue weighted by Crippen LogP contribution is -2.31. The normalized spacial score (nSPS) is 12.4. The number of hydrogen-bond donors (Lipinski definition) is 1. The van der Waals surface area contributed by atoms with Crippen molar-refractivity contribution in [3.05, 3.63) is 65.4 Å². The van der Waals surface area contributed by atoms with Gasteiger partial charge in [0.15, 0.2) is 5.76 Å². The summed E-state index contributed by atoms with van der Waals surface area (Å²) in [5.41, 5.74) is 2.59. The molecule has 0 bridgehead atoms. The molecule has 3 aromatic rings. The molecule has 0 aliphatic carbocycles. The zero-order valence-corrected chi connectivity index (χ0v) is 15.0. The Morgan fingerprint density at radius 1 is 1.12 bits per heavy atom. The maximum Gasteiger partial charge on any atom is 0.287 e. The van der Waals surface area contributed by atoms with E-state index in [1.54, 1.807) is 7.11 Å². The number of fused-ring (bicyclic) bond motifs is 1. The maximum atomic E-state index is 12.8. The van der Waals surface area contributed by atoms with Crippen LogP contribution in [0.4, 0.5) is 0 Å². The SMILES string of the molecule is COc1ccc2oc(C(=O)N[C@@H](c3ccccc3)C(C)C)c(C)c2c1. The lowest BCUT2D eigenvalue weighted by Gasteiger charge is -2.22. The van der Waals surface area contributed by atoms with Gasteiger partial charge >= 0.3 is 0 Å². The van der Waals surface area contributed by atoms with Crippen molar-refractivity contribution in [1.82, 2.24) is 5.32 Å². The molecule has 130 valence electrons. The van der Waals surface area contributed by atoms with Crippen molar-refractivity contribution >= 4 is 16.9 Å². The second kappa shape index (κ2) is 7.01. The number of nitrogens with one attached hydrogen (secondary N) is 1. The zero-order chi connectivity index (χ0) is 18.0. The summed E-state index contributed by atoms with van der Waals surface area (Å²) in [6.45, 7) is 6.08. The summed E-state index contributed by atoms with van der Waals surface area (Å²) in [7, 11) is 1.62. The Morgan fingerprint density at radius 2 is 1.84 bits per heavy atom.